The second-order valence-corrected chi connectivity index (χ2v) is 6.77. The number of anilines is 2. The lowest BCUT2D eigenvalue weighted by molar-refractivity contribution is 0.860. The van der Waals surface area contributed by atoms with Crippen molar-refractivity contribution in [3.63, 3.8) is 0 Å². The van der Waals surface area contributed by atoms with Crippen LogP contribution >= 0.6 is 23.1 Å². The second-order valence-electron chi connectivity index (χ2n) is 4.55. The van der Waals surface area contributed by atoms with E-state index in [2.05, 4.69) is 11.0 Å². The molecule has 1 aliphatic heterocycles. The highest BCUT2D eigenvalue weighted by Gasteiger charge is 2.33. The van der Waals surface area contributed by atoms with E-state index in [0.29, 0.717) is 10.8 Å². The largest absolute Gasteiger partial charge is 0.397 e. The summed E-state index contributed by atoms with van der Waals surface area (Å²) >= 11 is 3.60. The van der Waals surface area contributed by atoms with Gasteiger partial charge in [0, 0.05) is 30.2 Å². The van der Waals surface area contributed by atoms with E-state index in [0.717, 1.165) is 18.8 Å². The summed E-state index contributed by atoms with van der Waals surface area (Å²) in [6.45, 7) is 2.18. The molecule has 0 radical (unpaired) electrons. The van der Waals surface area contributed by atoms with Gasteiger partial charge in [-0.1, -0.05) is 0 Å². The molecular weight excluding hydrogens is 250 g/mol. The topological polar surface area (TPSA) is 53.0 Å². The van der Waals surface area contributed by atoms with Crippen LogP contribution < -0.4 is 10.6 Å². The molecule has 5 heteroatoms. The van der Waals surface area contributed by atoms with E-state index in [9.17, 15) is 0 Å². The zero-order valence-corrected chi connectivity index (χ0v) is 11.2. The molecule has 0 bridgehead atoms. The van der Waals surface area contributed by atoms with Crippen molar-refractivity contribution in [2.75, 3.05) is 35.2 Å². The van der Waals surface area contributed by atoms with Gasteiger partial charge in [-0.25, -0.2) is 0 Å². The lowest BCUT2D eigenvalue weighted by atomic mass is 10.1. The normalized spacial score (nSPS) is 20.3. The van der Waals surface area contributed by atoms with Crippen molar-refractivity contribution < 1.29 is 0 Å². The second kappa shape index (κ2) is 4.43. The molecule has 1 saturated carbocycles. The Balaban J connectivity index is 1.99. The van der Waals surface area contributed by atoms with Gasteiger partial charge in [-0.2, -0.15) is 17.0 Å². The number of thiophene rings is 1. The summed E-state index contributed by atoms with van der Waals surface area (Å²) in [5, 5.41) is 10.4. The summed E-state index contributed by atoms with van der Waals surface area (Å²) in [5.74, 6) is 2.99. The molecule has 0 aromatic carbocycles. The molecule has 1 aromatic rings. The Bertz CT molecular complexity index is 465. The van der Waals surface area contributed by atoms with Crippen LogP contribution in [-0.4, -0.2) is 24.6 Å². The maximum atomic E-state index is 9.11. The molecule has 1 saturated heterocycles. The van der Waals surface area contributed by atoms with Crippen molar-refractivity contribution in [1.82, 2.24) is 0 Å². The molecule has 0 atom stereocenters. The fraction of sp³-hybridized carbons (Fsp3) is 0.583. The van der Waals surface area contributed by atoms with Gasteiger partial charge in [-0.3, -0.25) is 0 Å². The molecule has 0 unspecified atom stereocenters. The number of nitrogen functional groups attached to an aromatic ring is 1. The predicted molar refractivity (Wildman–Crippen MR) is 75.0 cm³/mol. The lowest BCUT2D eigenvalue weighted by Gasteiger charge is -2.28. The quantitative estimate of drug-likeness (QED) is 0.893. The number of hydrogen-bond donors (Lipinski definition) is 1. The molecule has 3 nitrogen and oxygen atoms in total. The van der Waals surface area contributed by atoms with Crippen LogP contribution in [0.1, 0.15) is 29.2 Å². The summed E-state index contributed by atoms with van der Waals surface area (Å²) in [5.41, 5.74) is 8.15. The Kier molecular flexibility index (Phi) is 2.93. The van der Waals surface area contributed by atoms with E-state index in [-0.39, 0.29) is 0 Å². The Morgan fingerprint density at radius 1 is 1.29 bits per heavy atom. The van der Waals surface area contributed by atoms with E-state index in [1.165, 1.54) is 34.9 Å². The first-order valence-corrected chi connectivity index (χ1v) is 7.93. The van der Waals surface area contributed by atoms with Crippen molar-refractivity contribution in [2.45, 2.75) is 18.8 Å². The average Bonchev–Trinajstić information content (AvgIpc) is 3.14. The monoisotopic (exact) mass is 265 g/mol. The van der Waals surface area contributed by atoms with Gasteiger partial charge >= 0.3 is 0 Å². The summed E-state index contributed by atoms with van der Waals surface area (Å²) < 4.78 is 0. The van der Waals surface area contributed by atoms with Gasteiger partial charge in [-0.05, 0) is 18.8 Å². The van der Waals surface area contributed by atoms with E-state index < -0.39 is 0 Å². The van der Waals surface area contributed by atoms with E-state index in [1.54, 1.807) is 11.3 Å². The first kappa shape index (κ1) is 11.2. The number of hydrogen-bond acceptors (Lipinski definition) is 5. The highest BCUT2D eigenvalue weighted by molar-refractivity contribution is 7.99. The van der Waals surface area contributed by atoms with Gasteiger partial charge in [-0.15, -0.1) is 11.3 Å². The minimum absolute atomic E-state index is 0.623. The van der Waals surface area contributed by atoms with Gasteiger partial charge in [0.2, 0.25) is 0 Å². The Labute approximate surface area is 110 Å². The van der Waals surface area contributed by atoms with Crippen LogP contribution in [-0.2, 0) is 0 Å². The van der Waals surface area contributed by atoms with E-state index in [4.69, 9.17) is 11.0 Å². The van der Waals surface area contributed by atoms with Crippen LogP contribution in [0.25, 0.3) is 0 Å². The zero-order chi connectivity index (χ0) is 11.8. The molecule has 90 valence electrons. The van der Waals surface area contributed by atoms with Crippen LogP contribution in [0.4, 0.5) is 10.7 Å². The molecule has 1 aromatic heterocycles. The standard InChI is InChI=1S/C12H15N3S2/c13-7-9-11(14)10(8-1-2-8)12(17-9)15-3-5-16-6-4-15/h8H,1-6,14H2. The fourth-order valence-corrected chi connectivity index (χ4v) is 4.36. The third-order valence-corrected chi connectivity index (χ3v) is 5.48. The van der Waals surface area contributed by atoms with Gasteiger partial charge in [0.1, 0.15) is 10.9 Å². The van der Waals surface area contributed by atoms with Crippen molar-refractivity contribution in [1.29, 1.82) is 5.26 Å². The molecular formula is C12H15N3S2. The maximum absolute atomic E-state index is 9.11. The molecule has 2 aliphatic rings. The number of rotatable bonds is 2. The van der Waals surface area contributed by atoms with E-state index in [1.807, 2.05) is 11.8 Å². The third kappa shape index (κ3) is 2.00. The Hall–Kier alpha value is -0.860. The fourth-order valence-electron chi connectivity index (χ4n) is 2.30. The summed E-state index contributed by atoms with van der Waals surface area (Å²) in [4.78, 5) is 3.13. The average molecular weight is 265 g/mol. The minimum atomic E-state index is 0.623. The molecule has 0 amide bonds. The van der Waals surface area contributed by atoms with Crippen LogP contribution in [0.2, 0.25) is 0 Å². The minimum Gasteiger partial charge on any atom is -0.397 e. The maximum Gasteiger partial charge on any atom is 0.130 e. The van der Waals surface area contributed by atoms with Crippen molar-refractivity contribution >= 4 is 33.8 Å². The van der Waals surface area contributed by atoms with E-state index >= 15 is 0 Å². The molecule has 2 N–H and O–H groups in total. The van der Waals surface area contributed by atoms with Gasteiger partial charge in [0.25, 0.3) is 0 Å². The van der Waals surface area contributed by atoms with Gasteiger partial charge in [0.05, 0.1) is 10.7 Å². The van der Waals surface area contributed by atoms with Crippen LogP contribution in [0.3, 0.4) is 0 Å². The third-order valence-electron chi connectivity index (χ3n) is 3.35. The molecule has 1 aliphatic carbocycles. The number of nitrogens with zero attached hydrogens (tertiary/aromatic N) is 2. The first-order valence-electron chi connectivity index (χ1n) is 5.96. The molecule has 2 fully saturated rings. The highest BCUT2D eigenvalue weighted by atomic mass is 32.2. The number of nitrogens with two attached hydrogens (primary N) is 1. The van der Waals surface area contributed by atoms with Crippen molar-refractivity contribution in [3.05, 3.63) is 10.4 Å². The zero-order valence-electron chi connectivity index (χ0n) is 9.61. The molecule has 0 spiro atoms. The summed E-state index contributed by atoms with van der Waals surface area (Å²) in [6.07, 6.45) is 2.47. The van der Waals surface area contributed by atoms with Gasteiger partial charge < -0.3 is 10.6 Å². The Morgan fingerprint density at radius 3 is 2.59 bits per heavy atom. The van der Waals surface area contributed by atoms with Crippen LogP contribution in [0.5, 0.6) is 0 Å². The molecule has 3 rings (SSSR count). The number of nitriles is 1. The van der Waals surface area contributed by atoms with Gasteiger partial charge in [0.15, 0.2) is 0 Å². The molecule has 17 heavy (non-hydrogen) atoms. The summed E-state index contributed by atoms with van der Waals surface area (Å²) in [6, 6.07) is 2.24. The van der Waals surface area contributed by atoms with Crippen LogP contribution in [0.15, 0.2) is 0 Å². The van der Waals surface area contributed by atoms with Crippen molar-refractivity contribution in [3.8, 4) is 6.07 Å². The lowest BCUT2D eigenvalue weighted by Crippen LogP contribution is -2.32. The first-order chi connectivity index (χ1) is 8.31. The smallest absolute Gasteiger partial charge is 0.130 e. The highest BCUT2D eigenvalue weighted by Crippen LogP contribution is 2.52. The predicted octanol–water partition coefficient (Wildman–Crippen LogP) is 2.63. The summed E-state index contributed by atoms with van der Waals surface area (Å²) in [7, 11) is 0. The number of thioether (sulfide) groups is 1. The Morgan fingerprint density at radius 2 is 2.00 bits per heavy atom. The van der Waals surface area contributed by atoms with Crippen LogP contribution in [0, 0.1) is 11.3 Å². The SMILES string of the molecule is N#Cc1sc(N2CCSCC2)c(C2CC2)c1N. The molecule has 2 heterocycles. The van der Waals surface area contributed by atoms with Crippen molar-refractivity contribution in [2.24, 2.45) is 0 Å².